The summed E-state index contributed by atoms with van der Waals surface area (Å²) in [6, 6.07) is 5.72. The molecular formula is C20H28FN5O5S. The zero-order chi connectivity index (χ0) is 24.1. The first-order valence-electron chi connectivity index (χ1n) is 9.71. The fraction of sp³-hybridized carbons (Fsp3) is 0.450. The molecule has 0 spiro atoms. The van der Waals surface area contributed by atoms with Gasteiger partial charge in [-0.3, -0.25) is 0 Å². The molecule has 10 nitrogen and oxygen atoms in total. The Hall–Kier alpha value is -2.83. The van der Waals surface area contributed by atoms with Gasteiger partial charge in [0.15, 0.2) is 0 Å². The monoisotopic (exact) mass is 469 g/mol. The van der Waals surface area contributed by atoms with E-state index >= 15 is 0 Å². The van der Waals surface area contributed by atoms with E-state index < -0.39 is 33.6 Å². The van der Waals surface area contributed by atoms with Crippen LogP contribution >= 0.6 is 0 Å². The van der Waals surface area contributed by atoms with Gasteiger partial charge in [0, 0.05) is 20.6 Å². The Balaban J connectivity index is 1.97. The van der Waals surface area contributed by atoms with E-state index in [0.717, 1.165) is 4.31 Å². The zero-order valence-corrected chi connectivity index (χ0v) is 19.4. The van der Waals surface area contributed by atoms with Crippen molar-refractivity contribution in [3.63, 3.8) is 0 Å². The van der Waals surface area contributed by atoms with Crippen LogP contribution in [0.5, 0.6) is 0 Å². The number of carbonyl (C=O) groups excluding carboxylic acids is 1. The van der Waals surface area contributed by atoms with Crippen LogP contribution in [-0.2, 0) is 21.3 Å². The fourth-order valence-electron chi connectivity index (χ4n) is 2.50. The summed E-state index contributed by atoms with van der Waals surface area (Å²) in [6.07, 6.45) is 0.730. The maximum atomic E-state index is 14.1. The van der Waals surface area contributed by atoms with Gasteiger partial charge in [0.2, 0.25) is 10.0 Å². The minimum atomic E-state index is -3.58. The first-order chi connectivity index (χ1) is 14.8. The Morgan fingerprint density at radius 1 is 1.31 bits per heavy atom. The highest BCUT2D eigenvalue weighted by molar-refractivity contribution is 7.89. The van der Waals surface area contributed by atoms with E-state index in [2.05, 4.69) is 15.6 Å². The number of amides is 1. The second kappa shape index (κ2) is 10.2. The molecule has 0 fully saturated rings. The number of aliphatic hydroxyl groups excluding tert-OH is 1. The molecule has 12 heteroatoms. The van der Waals surface area contributed by atoms with E-state index in [4.69, 9.17) is 4.74 Å². The number of aliphatic hydroxyl groups is 1. The fourth-order valence-corrected chi connectivity index (χ4v) is 3.40. The summed E-state index contributed by atoms with van der Waals surface area (Å²) in [4.78, 5) is 11.6. The largest absolute Gasteiger partial charge is 0.444 e. The molecular weight excluding hydrogens is 441 g/mol. The molecule has 0 radical (unpaired) electrons. The summed E-state index contributed by atoms with van der Waals surface area (Å²) < 4.78 is 45.7. The highest BCUT2D eigenvalue weighted by atomic mass is 32.2. The number of allylic oxidation sites excluding steroid dienone is 1. The molecule has 1 unspecified atom stereocenters. The van der Waals surface area contributed by atoms with Crippen LogP contribution in [-0.4, -0.2) is 65.2 Å². The molecule has 2 N–H and O–H groups in total. The molecule has 32 heavy (non-hydrogen) atoms. The zero-order valence-electron chi connectivity index (χ0n) is 18.6. The number of nitrogens with zero attached hydrogens (tertiary/aromatic N) is 4. The van der Waals surface area contributed by atoms with Crippen molar-refractivity contribution in [3.05, 3.63) is 53.6 Å². The number of rotatable bonds is 8. The highest BCUT2D eigenvalue weighted by Gasteiger charge is 2.20. The Morgan fingerprint density at radius 3 is 2.50 bits per heavy atom. The molecule has 0 aliphatic heterocycles. The lowest BCUT2D eigenvalue weighted by atomic mass is 10.1. The van der Waals surface area contributed by atoms with Gasteiger partial charge < -0.3 is 15.2 Å². The van der Waals surface area contributed by atoms with Crippen molar-refractivity contribution >= 4 is 16.1 Å². The normalized spacial score (nSPS) is 13.8. The van der Waals surface area contributed by atoms with Crippen LogP contribution in [0.1, 0.15) is 38.1 Å². The lowest BCUT2D eigenvalue weighted by Gasteiger charge is -2.19. The Kier molecular flexibility index (Phi) is 8.10. The third-order valence-electron chi connectivity index (χ3n) is 4.09. The van der Waals surface area contributed by atoms with E-state index in [-0.39, 0.29) is 23.7 Å². The maximum absolute atomic E-state index is 14.1. The molecule has 0 aliphatic rings. The summed E-state index contributed by atoms with van der Waals surface area (Å²) >= 11 is 0. The summed E-state index contributed by atoms with van der Waals surface area (Å²) in [5, 5.41) is 20.5. The molecule has 0 aliphatic carbocycles. The van der Waals surface area contributed by atoms with Crippen LogP contribution in [0.3, 0.4) is 0 Å². The van der Waals surface area contributed by atoms with Crippen molar-refractivity contribution < 1.29 is 27.4 Å². The number of halogens is 1. The molecule has 0 saturated heterocycles. The van der Waals surface area contributed by atoms with Crippen molar-refractivity contribution in [2.45, 2.75) is 43.9 Å². The number of hydrogen-bond acceptors (Lipinski definition) is 7. The molecule has 1 heterocycles. The molecule has 1 aromatic carbocycles. The van der Waals surface area contributed by atoms with E-state index in [1.807, 2.05) is 0 Å². The number of carbonyl (C=O) groups is 1. The molecule has 2 aromatic rings. The van der Waals surface area contributed by atoms with E-state index in [1.54, 1.807) is 20.8 Å². The quantitative estimate of drug-likeness (QED) is 0.605. The van der Waals surface area contributed by atoms with E-state index in [1.165, 1.54) is 55.3 Å². The number of sulfonamides is 1. The van der Waals surface area contributed by atoms with Gasteiger partial charge >= 0.3 is 6.09 Å². The van der Waals surface area contributed by atoms with Gasteiger partial charge in [-0.05, 0) is 44.5 Å². The number of ether oxygens (including phenoxy) is 1. The minimum absolute atomic E-state index is 0.0624. The second-order valence-electron chi connectivity index (χ2n) is 8.13. The van der Waals surface area contributed by atoms with Gasteiger partial charge in [0.25, 0.3) is 0 Å². The number of aromatic nitrogens is 3. The summed E-state index contributed by atoms with van der Waals surface area (Å²) in [5.74, 6) is -0.565. The first-order valence-corrected chi connectivity index (χ1v) is 11.2. The third kappa shape index (κ3) is 7.11. The SMILES string of the molecule is CN(C)S(=O)(=O)c1ccc(C(O)c2cn(C/C(F)=C/CNC(=O)OC(C)(C)C)nn2)cc1. The lowest BCUT2D eigenvalue weighted by Crippen LogP contribution is -2.32. The standard InChI is InChI=1S/C20H28FN5O5S/c1-20(2,3)31-19(28)22-11-10-15(21)12-26-13-17(23-24-26)18(27)14-6-8-16(9-7-14)32(29,30)25(4)5/h6-10,13,18,27H,11-12H2,1-5H3,(H,22,28)/b15-10-. The van der Waals surface area contributed by atoms with Crippen LogP contribution in [0.2, 0.25) is 0 Å². The molecule has 176 valence electrons. The highest BCUT2D eigenvalue weighted by Crippen LogP contribution is 2.22. The lowest BCUT2D eigenvalue weighted by molar-refractivity contribution is 0.0534. The Morgan fingerprint density at radius 2 is 1.94 bits per heavy atom. The Bertz CT molecular complexity index is 1060. The number of alkyl carbamates (subject to hydrolysis) is 1. The number of nitrogens with one attached hydrogen (secondary N) is 1. The summed E-state index contributed by atoms with van der Waals surface area (Å²) in [6.45, 7) is 4.86. The summed E-state index contributed by atoms with van der Waals surface area (Å²) in [5.41, 5.74) is -0.0640. The maximum Gasteiger partial charge on any atom is 0.407 e. The van der Waals surface area contributed by atoms with Crippen LogP contribution in [0.15, 0.2) is 47.3 Å². The van der Waals surface area contributed by atoms with Crippen molar-refractivity contribution in [2.75, 3.05) is 20.6 Å². The minimum Gasteiger partial charge on any atom is -0.444 e. The van der Waals surface area contributed by atoms with Crippen LogP contribution < -0.4 is 5.32 Å². The second-order valence-corrected chi connectivity index (χ2v) is 10.3. The third-order valence-corrected chi connectivity index (χ3v) is 5.92. The van der Waals surface area contributed by atoms with Crippen molar-refractivity contribution in [2.24, 2.45) is 0 Å². The smallest absolute Gasteiger partial charge is 0.407 e. The van der Waals surface area contributed by atoms with Crippen molar-refractivity contribution in [1.29, 1.82) is 0 Å². The van der Waals surface area contributed by atoms with Crippen molar-refractivity contribution in [1.82, 2.24) is 24.6 Å². The van der Waals surface area contributed by atoms with Gasteiger partial charge in [0.1, 0.15) is 23.2 Å². The summed E-state index contributed by atoms with van der Waals surface area (Å²) in [7, 11) is -0.722. The predicted octanol–water partition coefficient (Wildman–Crippen LogP) is 1.99. The molecule has 1 atom stereocenters. The first kappa shape index (κ1) is 25.4. The van der Waals surface area contributed by atoms with Crippen molar-refractivity contribution in [3.8, 4) is 0 Å². The molecule has 0 saturated carbocycles. The molecule has 0 bridgehead atoms. The van der Waals surface area contributed by atoms with Crippen LogP contribution in [0.4, 0.5) is 9.18 Å². The van der Waals surface area contributed by atoms with E-state index in [0.29, 0.717) is 5.56 Å². The average molecular weight is 470 g/mol. The Labute approximate surface area is 186 Å². The topological polar surface area (TPSA) is 127 Å². The molecule has 1 amide bonds. The predicted molar refractivity (Wildman–Crippen MR) is 115 cm³/mol. The van der Waals surface area contributed by atoms with Gasteiger partial charge in [-0.2, -0.15) is 0 Å². The van der Waals surface area contributed by atoms with Gasteiger partial charge in [-0.15, -0.1) is 5.10 Å². The molecule has 2 rings (SSSR count). The van der Waals surface area contributed by atoms with Gasteiger partial charge in [-0.1, -0.05) is 17.3 Å². The number of benzene rings is 1. The van der Waals surface area contributed by atoms with Crippen LogP contribution in [0.25, 0.3) is 0 Å². The van der Waals surface area contributed by atoms with Crippen LogP contribution in [0, 0.1) is 0 Å². The molecule has 1 aromatic heterocycles. The average Bonchev–Trinajstić information content (AvgIpc) is 3.14. The van der Waals surface area contributed by atoms with Gasteiger partial charge in [-0.25, -0.2) is 26.6 Å². The van der Waals surface area contributed by atoms with E-state index in [9.17, 15) is 22.7 Å². The number of hydrogen-bond donors (Lipinski definition) is 2. The van der Waals surface area contributed by atoms with Gasteiger partial charge in [0.05, 0.1) is 17.6 Å².